The van der Waals surface area contributed by atoms with E-state index in [0.29, 0.717) is 5.56 Å². The molecule has 1 heterocycles. The lowest BCUT2D eigenvalue weighted by Crippen LogP contribution is -2.54. The molecule has 0 spiro atoms. The van der Waals surface area contributed by atoms with Crippen LogP contribution in [-0.4, -0.2) is 22.9 Å². The average Bonchev–Trinajstić information content (AvgIpc) is 2.79. The monoisotopic (exact) mass is 414 g/mol. The molecular weight excluding hydrogens is 384 g/mol. The number of hydrogen-bond donors (Lipinski definition) is 1. The van der Waals surface area contributed by atoms with Crippen molar-refractivity contribution in [1.82, 2.24) is 10.2 Å². The summed E-state index contributed by atoms with van der Waals surface area (Å²) in [5, 5.41) is 2.94. The maximum absolute atomic E-state index is 13.1. The third-order valence-corrected chi connectivity index (χ3v) is 5.34. The highest BCUT2D eigenvalue weighted by atomic mass is 16.2. The van der Waals surface area contributed by atoms with E-state index in [1.54, 1.807) is 23.2 Å². The molecule has 1 N–H and O–H groups in total. The minimum absolute atomic E-state index is 0.0580. The largest absolute Gasteiger partial charge is 0.331 e. The van der Waals surface area contributed by atoms with Gasteiger partial charge < -0.3 is 5.32 Å². The van der Waals surface area contributed by atoms with Gasteiger partial charge in [0, 0.05) is 17.3 Å². The van der Waals surface area contributed by atoms with Gasteiger partial charge in [0.05, 0.1) is 0 Å². The van der Waals surface area contributed by atoms with E-state index < -0.39 is 6.17 Å². The average molecular weight is 415 g/mol. The first kappa shape index (κ1) is 22.4. The first-order valence-corrected chi connectivity index (χ1v) is 11.0. The van der Waals surface area contributed by atoms with Crippen LogP contribution in [-0.2, 0) is 11.2 Å². The van der Waals surface area contributed by atoms with Crippen LogP contribution in [0, 0.1) is 17.8 Å². The molecule has 160 valence electrons. The van der Waals surface area contributed by atoms with Crippen molar-refractivity contribution in [1.29, 1.82) is 0 Å². The summed E-state index contributed by atoms with van der Waals surface area (Å²) in [5.74, 6) is 5.68. The summed E-state index contributed by atoms with van der Waals surface area (Å²) >= 11 is 0. The van der Waals surface area contributed by atoms with Gasteiger partial charge in [-0.3, -0.25) is 14.5 Å². The van der Waals surface area contributed by atoms with Gasteiger partial charge >= 0.3 is 0 Å². The predicted molar refractivity (Wildman–Crippen MR) is 124 cm³/mol. The third-order valence-electron chi connectivity index (χ3n) is 5.34. The van der Waals surface area contributed by atoms with Gasteiger partial charge in [0.2, 0.25) is 0 Å². The number of nitrogens with zero attached hydrogens (tertiary/aromatic N) is 1. The van der Waals surface area contributed by atoms with Crippen molar-refractivity contribution < 1.29 is 9.59 Å². The lowest BCUT2D eigenvalue weighted by Gasteiger charge is -2.35. The van der Waals surface area contributed by atoms with Gasteiger partial charge in [-0.05, 0) is 48.6 Å². The van der Waals surface area contributed by atoms with Crippen LogP contribution < -0.4 is 5.32 Å². The summed E-state index contributed by atoms with van der Waals surface area (Å²) in [7, 11) is 0. The number of rotatable bonds is 6. The van der Waals surface area contributed by atoms with Gasteiger partial charge in [-0.25, -0.2) is 0 Å². The van der Waals surface area contributed by atoms with Crippen molar-refractivity contribution in [2.24, 2.45) is 5.92 Å². The SMILES string of the molecule is CCCCCc1ccc(C#CC2=CN(C(=O)c3ccccc3)[C@@H](C(C)C)NC2=O)cc1. The van der Waals surface area contributed by atoms with E-state index in [4.69, 9.17) is 0 Å². The fourth-order valence-corrected chi connectivity index (χ4v) is 3.52. The number of unbranched alkanes of at least 4 members (excludes halogenated alkanes) is 2. The molecule has 0 aliphatic carbocycles. The van der Waals surface area contributed by atoms with Gasteiger partial charge in [-0.15, -0.1) is 0 Å². The molecule has 0 unspecified atom stereocenters. The highest BCUT2D eigenvalue weighted by Crippen LogP contribution is 2.19. The van der Waals surface area contributed by atoms with Crippen LogP contribution >= 0.6 is 0 Å². The molecule has 2 aromatic carbocycles. The van der Waals surface area contributed by atoms with Crippen LogP contribution in [0.1, 0.15) is 61.5 Å². The summed E-state index contributed by atoms with van der Waals surface area (Å²) < 4.78 is 0. The number of carbonyl (C=O) groups excluding carboxylic acids is 2. The third kappa shape index (κ3) is 5.86. The van der Waals surface area contributed by atoms with Crippen molar-refractivity contribution in [2.45, 2.75) is 52.6 Å². The first-order valence-electron chi connectivity index (χ1n) is 11.0. The summed E-state index contributed by atoms with van der Waals surface area (Å²) in [6, 6.07) is 17.2. The molecule has 2 aromatic rings. The van der Waals surface area contributed by atoms with Crippen molar-refractivity contribution in [3.8, 4) is 11.8 Å². The molecule has 0 saturated carbocycles. The van der Waals surface area contributed by atoms with E-state index in [1.165, 1.54) is 24.8 Å². The van der Waals surface area contributed by atoms with Crippen molar-refractivity contribution >= 4 is 11.8 Å². The molecule has 0 fully saturated rings. The molecule has 0 aromatic heterocycles. The first-order chi connectivity index (χ1) is 15.0. The fraction of sp³-hybridized carbons (Fsp3) is 0.333. The summed E-state index contributed by atoms with van der Waals surface area (Å²) in [5.41, 5.74) is 3.01. The van der Waals surface area contributed by atoms with Crippen LogP contribution in [0.15, 0.2) is 66.4 Å². The number of nitrogens with one attached hydrogen (secondary N) is 1. The van der Waals surface area contributed by atoms with Crippen LogP contribution in [0.4, 0.5) is 0 Å². The van der Waals surface area contributed by atoms with E-state index in [2.05, 4.69) is 36.2 Å². The summed E-state index contributed by atoms with van der Waals surface area (Å²) in [6.45, 7) is 6.15. The van der Waals surface area contributed by atoms with E-state index in [1.807, 2.05) is 44.2 Å². The highest BCUT2D eigenvalue weighted by Gasteiger charge is 2.32. The fourth-order valence-electron chi connectivity index (χ4n) is 3.52. The van der Waals surface area contributed by atoms with Crippen LogP contribution in [0.2, 0.25) is 0 Å². The molecule has 4 nitrogen and oxygen atoms in total. The Morgan fingerprint density at radius 3 is 2.39 bits per heavy atom. The minimum atomic E-state index is -0.409. The number of amides is 2. The maximum atomic E-state index is 13.1. The van der Waals surface area contributed by atoms with Crippen LogP contribution in [0.25, 0.3) is 0 Å². The van der Waals surface area contributed by atoms with E-state index >= 15 is 0 Å². The van der Waals surface area contributed by atoms with Gasteiger partial charge in [0.15, 0.2) is 0 Å². The molecule has 31 heavy (non-hydrogen) atoms. The van der Waals surface area contributed by atoms with Gasteiger partial charge in [-0.1, -0.05) is 75.8 Å². The minimum Gasteiger partial charge on any atom is -0.331 e. The Labute approximate surface area is 185 Å². The quantitative estimate of drug-likeness (QED) is 0.539. The predicted octanol–water partition coefficient (Wildman–Crippen LogP) is 4.91. The zero-order chi connectivity index (χ0) is 22.2. The van der Waals surface area contributed by atoms with E-state index in [9.17, 15) is 9.59 Å². The number of hydrogen-bond acceptors (Lipinski definition) is 2. The molecule has 0 radical (unpaired) electrons. The molecule has 0 bridgehead atoms. The molecule has 1 aliphatic heterocycles. The Kier molecular flexibility index (Phi) is 7.67. The Morgan fingerprint density at radius 2 is 1.74 bits per heavy atom. The Hall–Kier alpha value is -3.32. The molecule has 0 saturated heterocycles. The second kappa shape index (κ2) is 10.6. The van der Waals surface area contributed by atoms with Crippen LogP contribution in [0.5, 0.6) is 0 Å². The zero-order valence-electron chi connectivity index (χ0n) is 18.5. The molecule has 1 atom stereocenters. The highest BCUT2D eigenvalue weighted by molar-refractivity contribution is 6.02. The standard InChI is InChI=1S/C27H30N2O2/c1-4-5-7-10-21-13-15-22(16-14-21)17-18-24-19-29(25(20(2)3)28-26(24)30)27(31)23-11-8-6-9-12-23/h6,8-9,11-16,19-20,25H,4-5,7,10H2,1-3H3,(H,28,30)/t25-/m0/s1. The Balaban J connectivity index is 1.82. The van der Waals surface area contributed by atoms with Crippen molar-refractivity contribution in [3.05, 3.63) is 83.1 Å². The second-order valence-corrected chi connectivity index (χ2v) is 8.19. The van der Waals surface area contributed by atoms with Gasteiger partial charge in [0.1, 0.15) is 11.7 Å². The smallest absolute Gasteiger partial charge is 0.262 e. The second-order valence-electron chi connectivity index (χ2n) is 8.19. The number of carbonyl (C=O) groups is 2. The lowest BCUT2D eigenvalue weighted by atomic mass is 10.0. The number of aryl methyl sites for hydroxylation is 1. The molecule has 1 aliphatic rings. The topological polar surface area (TPSA) is 49.4 Å². The van der Waals surface area contributed by atoms with Gasteiger partial charge in [-0.2, -0.15) is 0 Å². The van der Waals surface area contributed by atoms with Crippen molar-refractivity contribution in [3.63, 3.8) is 0 Å². The maximum Gasteiger partial charge on any atom is 0.262 e. The molecule has 2 amide bonds. The summed E-state index contributed by atoms with van der Waals surface area (Å²) in [6.07, 6.45) is 5.89. The summed E-state index contributed by atoms with van der Waals surface area (Å²) in [4.78, 5) is 27.3. The normalized spacial score (nSPS) is 15.7. The Morgan fingerprint density at radius 1 is 1.03 bits per heavy atom. The van der Waals surface area contributed by atoms with Crippen LogP contribution in [0.3, 0.4) is 0 Å². The van der Waals surface area contributed by atoms with Crippen molar-refractivity contribution in [2.75, 3.05) is 0 Å². The zero-order valence-corrected chi connectivity index (χ0v) is 18.5. The molecule has 4 heteroatoms. The van der Waals surface area contributed by atoms with Gasteiger partial charge in [0.25, 0.3) is 11.8 Å². The van der Waals surface area contributed by atoms with E-state index in [0.717, 1.165) is 12.0 Å². The Bertz CT molecular complexity index is 995. The molecular formula is C27H30N2O2. The lowest BCUT2D eigenvalue weighted by molar-refractivity contribution is -0.119. The number of benzene rings is 2. The van der Waals surface area contributed by atoms with E-state index in [-0.39, 0.29) is 23.3 Å². The molecule has 3 rings (SSSR count).